The Bertz CT molecular complexity index is 1250. The van der Waals surface area contributed by atoms with Gasteiger partial charge in [0.2, 0.25) is 5.75 Å². The molecule has 1 aromatic heterocycles. The van der Waals surface area contributed by atoms with Crippen molar-refractivity contribution in [1.82, 2.24) is 14.9 Å². The van der Waals surface area contributed by atoms with Crippen molar-refractivity contribution in [2.24, 2.45) is 5.41 Å². The van der Waals surface area contributed by atoms with E-state index in [0.717, 1.165) is 37.7 Å². The summed E-state index contributed by atoms with van der Waals surface area (Å²) in [6.07, 6.45) is 4.81. The minimum Gasteiger partial charge on any atom is -0.481 e. The molecule has 4 rings (SSSR count). The maximum atomic E-state index is 13.4. The molecule has 7 heteroatoms. The number of hydrogen-bond donors (Lipinski definition) is 2. The Hall–Kier alpha value is -3.00. The van der Waals surface area contributed by atoms with Gasteiger partial charge in [-0.2, -0.15) is 0 Å². The molecule has 1 unspecified atom stereocenters. The molecule has 0 aliphatic heterocycles. The van der Waals surface area contributed by atoms with Crippen LogP contribution in [0.5, 0.6) is 5.75 Å². The van der Waals surface area contributed by atoms with Gasteiger partial charge in [-0.15, -0.1) is 0 Å². The third-order valence-corrected chi connectivity index (χ3v) is 7.88. The first-order chi connectivity index (χ1) is 19.2. The number of nitrogens with one attached hydrogen (secondary N) is 1. The fourth-order valence-electron chi connectivity index (χ4n) is 5.41. The third-order valence-electron chi connectivity index (χ3n) is 7.88. The number of aromatic nitrogens is 2. The highest BCUT2D eigenvalue weighted by Gasteiger charge is 2.37. The monoisotopic (exact) mass is 547 g/mol. The average molecular weight is 548 g/mol. The number of aromatic amines is 1. The van der Waals surface area contributed by atoms with Crippen LogP contribution in [0.4, 0.5) is 0 Å². The molecule has 1 fully saturated rings. The van der Waals surface area contributed by atoms with Gasteiger partial charge in [-0.1, -0.05) is 94.3 Å². The van der Waals surface area contributed by atoms with Crippen molar-refractivity contribution < 1.29 is 14.6 Å². The smallest absolute Gasteiger partial charge is 0.293 e. The van der Waals surface area contributed by atoms with Crippen LogP contribution in [0.15, 0.2) is 65.5 Å². The number of nitrogens with zero attached hydrogens (tertiary/aromatic N) is 2. The van der Waals surface area contributed by atoms with Crippen molar-refractivity contribution in [3.8, 4) is 5.75 Å². The molecule has 7 nitrogen and oxygen atoms in total. The highest BCUT2D eigenvalue weighted by atomic mass is 16.5. The molecular weight excluding hydrogens is 502 g/mol. The largest absolute Gasteiger partial charge is 0.481 e. The van der Waals surface area contributed by atoms with Crippen molar-refractivity contribution in [3.63, 3.8) is 0 Å². The summed E-state index contributed by atoms with van der Waals surface area (Å²) < 4.78 is 11.8. The summed E-state index contributed by atoms with van der Waals surface area (Å²) in [5, 5.41) is 11.4. The second kappa shape index (κ2) is 13.6. The van der Waals surface area contributed by atoms with Gasteiger partial charge in [0.1, 0.15) is 18.1 Å². The van der Waals surface area contributed by atoms with Gasteiger partial charge in [0.05, 0.1) is 6.61 Å². The summed E-state index contributed by atoms with van der Waals surface area (Å²) in [6, 6.07) is 20.2. The lowest BCUT2D eigenvalue weighted by molar-refractivity contribution is -0.00705. The topological polar surface area (TPSA) is 87.7 Å². The van der Waals surface area contributed by atoms with Crippen molar-refractivity contribution >= 4 is 0 Å². The van der Waals surface area contributed by atoms with Crippen LogP contribution >= 0.6 is 0 Å². The van der Waals surface area contributed by atoms with Gasteiger partial charge in [0.15, 0.2) is 6.23 Å². The van der Waals surface area contributed by atoms with Crippen molar-refractivity contribution in [2.75, 3.05) is 26.8 Å². The minimum atomic E-state index is -1.12. The maximum absolute atomic E-state index is 13.4. The number of hydrogen-bond acceptors (Lipinski definition) is 6. The minimum absolute atomic E-state index is 0.0563. The third kappa shape index (κ3) is 8.03. The SMILES string of the molecule is CN(CCOCCC(C)(C)C)C(O)c1nc(CC2(c3ccccc3)CCCC2)[nH]c(=O)c1OCc1ccccc1. The first kappa shape index (κ1) is 30.0. The van der Waals surface area contributed by atoms with Crippen molar-refractivity contribution in [3.05, 3.63) is 93.7 Å². The molecule has 0 spiro atoms. The van der Waals surface area contributed by atoms with E-state index in [1.54, 1.807) is 4.90 Å². The van der Waals surface area contributed by atoms with Crippen LogP contribution in [-0.2, 0) is 23.2 Å². The lowest BCUT2D eigenvalue weighted by Gasteiger charge is -2.30. The van der Waals surface area contributed by atoms with Gasteiger partial charge in [-0.25, -0.2) is 4.98 Å². The van der Waals surface area contributed by atoms with E-state index in [2.05, 4.69) is 50.0 Å². The Morgan fingerprint density at radius 1 is 1.02 bits per heavy atom. The molecule has 2 N–H and O–H groups in total. The predicted octanol–water partition coefficient (Wildman–Crippen LogP) is 5.78. The molecule has 0 bridgehead atoms. The fourth-order valence-corrected chi connectivity index (χ4v) is 5.41. The normalized spacial score (nSPS) is 15.8. The first-order valence-electron chi connectivity index (χ1n) is 14.5. The maximum Gasteiger partial charge on any atom is 0.293 e. The van der Waals surface area contributed by atoms with E-state index in [4.69, 9.17) is 14.5 Å². The molecule has 3 aromatic rings. The molecule has 216 valence electrons. The quantitative estimate of drug-likeness (QED) is 0.208. The van der Waals surface area contributed by atoms with E-state index >= 15 is 0 Å². The zero-order valence-electron chi connectivity index (χ0n) is 24.5. The van der Waals surface area contributed by atoms with Gasteiger partial charge in [0, 0.05) is 25.0 Å². The van der Waals surface area contributed by atoms with Crippen LogP contribution in [0.2, 0.25) is 0 Å². The predicted molar refractivity (Wildman–Crippen MR) is 158 cm³/mol. The molecule has 0 amide bonds. The lowest BCUT2D eigenvalue weighted by Crippen LogP contribution is -2.33. The molecule has 0 radical (unpaired) electrons. The van der Waals surface area contributed by atoms with E-state index in [1.165, 1.54) is 5.56 Å². The zero-order valence-corrected chi connectivity index (χ0v) is 24.5. The number of likely N-dealkylation sites (N-methyl/N-ethyl adjacent to an activating group) is 1. The molecule has 1 atom stereocenters. The Morgan fingerprint density at radius 3 is 2.33 bits per heavy atom. The summed E-state index contributed by atoms with van der Waals surface area (Å²) in [4.78, 5) is 23.1. The van der Waals surface area contributed by atoms with Gasteiger partial charge in [-0.05, 0) is 42.9 Å². The highest BCUT2D eigenvalue weighted by molar-refractivity contribution is 5.31. The van der Waals surface area contributed by atoms with E-state index in [9.17, 15) is 9.90 Å². The number of aliphatic hydroxyl groups excluding tert-OH is 1. The summed E-state index contributed by atoms with van der Waals surface area (Å²) in [5.74, 6) is 0.632. The zero-order chi connectivity index (χ0) is 28.6. The molecule has 1 saturated carbocycles. The Labute approximate surface area is 238 Å². The van der Waals surface area contributed by atoms with Crippen molar-refractivity contribution in [1.29, 1.82) is 0 Å². The molecule has 2 aromatic carbocycles. The standard InChI is InChI=1S/C33H45N3O4/c1-32(2,3)19-21-39-22-20-36(4)31(38)28-29(40-24-25-13-7-5-8-14-25)30(37)35-27(34-28)23-33(17-11-12-18-33)26-15-9-6-10-16-26/h5-10,13-16,31,38H,11-12,17-24H2,1-4H3,(H,34,35,37). The van der Waals surface area contributed by atoms with Crippen molar-refractivity contribution in [2.45, 2.75) is 77.5 Å². The molecule has 1 heterocycles. The van der Waals surface area contributed by atoms with Crippen LogP contribution < -0.4 is 10.3 Å². The van der Waals surface area contributed by atoms with E-state index < -0.39 is 6.23 Å². The summed E-state index contributed by atoms with van der Waals surface area (Å²) >= 11 is 0. The van der Waals surface area contributed by atoms with Crippen LogP contribution in [0.25, 0.3) is 0 Å². The van der Waals surface area contributed by atoms with Crippen LogP contribution in [0.3, 0.4) is 0 Å². The van der Waals surface area contributed by atoms with Gasteiger partial charge in [0.25, 0.3) is 5.56 Å². The molecule has 0 saturated heterocycles. The summed E-state index contributed by atoms with van der Waals surface area (Å²) in [5.41, 5.74) is 2.20. The second-order valence-electron chi connectivity index (χ2n) is 12.3. The van der Waals surface area contributed by atoms with E-state index in [-0.39, 0.29) is 34.4 Å². The van der Waals surface area contributed by atoms with Crippen LogP contribution in [-0.4, -0.2) is 46.8 Å². The Kier molecular flexibility index (Phi) is 10.2. The Balaban J connectivity index is 1.57. The first-order valence-corrected chi connectivity index (χ1v) is 14.5. The molecule has 1 aliphatic carbocycles. The Morgan fingerprint density at radius 2 is 1.68 bits per heavy atom. The fraction of sp³-hybridized carbons (Fsp3) is 0.515. The molecule has 40 heavy (non-hydrogen) atoms. The highest BCUT2D eigenvalue weighted by Crippen LogP contribution is 2.43. The van der Waals surface area contributed by atoms with E-state index in [0.29, 0.717) is 32.0 Å². The summed E-state index contributed by atoms with van der Waals surface area (Å²) in [7, 11) is 1.81. The van der Waals surface area contributed by atoms with Gasteiger partial charge in [-0.3, -0.25) is 9.69 Å². The van der Waals surface area contributed by atoms with E-state index in [1.807, 2.05) is 43.4 Å². The average Bonchev–Trinajstić information content (AvgIpc) is 3.41. The number of ether oxygens (including phenoxy) is 2. The van der Waals surface area contributed by atoms with Gasteiger partial charge < -0.3 is 19.6 Å². The lowest BCUT2D eigenvalue weighted by atomic mass is 9.76. The van der Waals surface area contributed by atoms with Gasteiger partial charge >= 0.3 is 0 Å². The number of benzene rings is 2. The second-order valence-corrected chi connectivity index (χ2v) is 12.3. The van der Waals surface area contributed by atoms with Crippen LogP contribution in [0, 0.1) is 5.41 Å². The number of H-pyrrole nitrogens is 1. The molecular formula is C33H45N3O4. The van der Waals surface area contributed by atoms with Crippen LogP contribution in [0.1, 0.15) is 81.7 Å². The number of rotatable bonds is 13. The number of aliphatic hydroxyl groups is 1. The molecule has 1 aliphatic rings. The summed E-state index contributed by atoms with van der Waals surface area (Å²) in [6.45, 7) is 8.39.